The van der Waals surface area contributed by atoms with Crippen molar-refractivity contribution in [3.63, 3.8) is 0 Å². The summed E-state index contributed by atoms with van der Waals surface area (Å²) in [5.41, 5.74) is 9.28. The predicted octanol–water partition coefficient (Wildman–Crippen LogP) is 14.8. The Bertz CT molecular complexity index is 2480. The molecule has 8 N–H and O–H groups in total. The van der Waals surface area contributed by atoms with E-state index >= 15 is 0 Å². The molecule has 1 aliphatic rings. The molecule has 0 fully saturated rings. The Hall–Kier alpha value is -3.20. The minimum absolute atomic E-state index is 0. The van der Waals surface area contributed by atoms with Crippen molar-refractivity contribution in [1.29, 1.82) is 0 Å². The van der Waals surface area contributed by atoms with E-state index in [2.05, 4.69) is 59.3 Å². The van der Waals surface area contributed by atoms with Crippen molar-refractivity contribution in [2.24, 2.45) is 11.5 Å². The molecule has 3 unspecified atom stereocenters. The maximum atomic E-state index is 12.0. The minimum Gasteiger partial charge on any atom is -0.400 e. The number of esters is 3. The van der Waals surface area contributed by atoms with Crippen molar-refractivity contribution in [3.05, 3.63) is 82.0 Å². The maximum absolute atomic E-state index is 12.0. The van der Waals surface area contributed by atoms with Crippen molar-refractivity contribution in [1.82, 2.24) is 0 Å². The van der Waals surface area contributed by atoms with Crippen LogP contribution in [-0.2, 0) is 38.5 Å². The number of aromatic carboxylic acids is 2. The van der Waals surface area contributed by atoms with Crippen LogP contribution in [0.25, 0.3) is 0 Å². The molecule has 0 aliphatic carbocycles. The standard InChI is InChI=1S/C18H27IO7Si.C18H27IO5Si.C17H25IO5Si.C2H6O.C2H6.2CH5N.CH4O.CH4/c1-4-24-27(3,5-2)12-8-6-7-9-17(20)25-14-10-11-16-15(13-14)18(21)26-19(16,22)23;1-4-23-25(3,5-2)12-8-6-7-9-17(20)24-14-10-11-16(19)15(13-14)18(21)22;1-4-22-24(2,3)11-7-5-6-8-16(19)23-13-9-10-15(18)14(12-13)17(20)21;1-3-2;4*1-2;/h10-11,13H,4-9,12H2,1-3H3,(H,22,23);10-11,13H,4-9,12H2,1-3H3,(H,21,22);9-10,12H,4-8,11H2,1-3H3,(H,20,21);1-2H3;1-2H3;2*2H2,1H3;2H,1H3;1H4. The van der Waals surface area contributed by atoms with Gasteiger partial charge >= 0.3 is 152 Å². The molecule has 3 atom stereocenters. The van der Waals surface area contributed by atoms with Crippen LogP contribution in [0.4, 0.5) is 0 Å². The van der Waals surface area contributed by atoms with Crippen molar-refractivity contribution in [2.45, 2.75) is 189 Å². The maximum Gasteiger partial charge on any atom is 0.0351 e. The van der Waals surface area contributed by atoms with E-state index in [1.165, 1.54) is 44.4 Å². The Balaban J connectivity index is -0.000000360. The van der Waals surface area contributed by atoms with Gasteiger partial charge in [-0.05, 0) is 180 Å². The average Bonchev–Trinajstić information content (AvgIpc) is 3.72. The first-order chi connectivity index (χ1) is 41.2. The second-order valence-electron chi connectivity index (χ2n) is 19.5. The van der Waals surface area contributed by atoms with Gasteiger partial charge in [-0.25, -0.2) is 9.59 Å². The number of carbonyl (C=O) groups excluding carboxylic acids is 4. The van der Waals surface area contributed by atoms with Gasteiger partial charge < -0.3 is 54.3 Å². The molecule has 0 radical (unpaired) electrons. The molecule has 510 valence electrons. The Kier molecular flexibility index (Phi) is 57.8. The molecule has 0 amide bonds. The van der Waals surface area contributed by atoms with Crippen LogP contribution in [0.1, 0.15) is 164 Å². The van der Waals surface area contributed by atoms with Gasteiger partial charge in [-0.15, -0.1) is 0 Å². The zero-order valence-corrected chi connectivity index (χ0v) is 64.0. The quantitative estimate of drug-likeness (QED) is 0.0115. The van der Waals surface area contributed by atoms with Gasteiger partial charge in [-0.1, -0.05) is 60.8 Å². The van der Waals surface area contributed by atoms with Crippen LogP contribution in [0.2, 0.25) is 56.4 Å². The van der Waals surface area contributed by atoms with Crippen LogP contribution in [0.15, 0.2) is 54.6 Å². The molecule has 0 aromatic heterocycles. The first-order valence-corrected chi connectivity index (χ1v) is 44.1. The second kappa shape index (κ2) is 54.4. The number of aliphatic hydroxyl groups excluding tert-OH is 1. The minimum atomic E-state index is -4.83. The first kappa shape index (κ1) is 93.5. The smallest absolute Gasteiger partial charge is 0.0351 e. The van der Waals surface area contributed by atoms with Crippen LogP contribution in [0, 0.1) is 10.7 Å². The van der Waals surface area contributed by atoms with Gasteiger partial charge in [0.25, 0.3) is 0 Å². The number of carboxylic acid groups (broad SMARTS) is 2. The molecule has 27 heteroatoms. The number of methoxy groups -OCH3 is 1. The number of hydrogen-bond donors (Lipinski definition) is 6. The number of nitrogens with two attached hydrogens (primary N) is 2. The number of rotatable bonds is 31. The summed E-state index contributed by atoms with van der Waals surface area (Å²) in [6.45, 7) is 25.7. The van der Waals surface area contributed by atoms with E-state index in [1.54, 1.807) is 38.5 Å². The second-order valence-corrected chi connectivity index (χ2v) is 39.1. The summed E-state index contributed by atoms with van der Waals surface area (Å²) in [6.07, 6.45) is 9.24. The first-order valence-electron chi connectivity index (χ1n) is 29.4. The van der Waals surface area contributed by atoms with Gasteiger partial charge in [0.2, 0.25) is 0 Å². The van der Waals surface area contributed by atoms with E-state index in [-0.39, 0.29) is 69.3 Å². The third kappa shape index (κ3) is 41.3. The molecule has 21 nitrogen and oxygen atoms in total. The molecule has 1 heterocycles. The average molecular weight is 1640 g/mol. The molecule has 4 rings (SSSR count). The third-order valence-corrected chi connectivity index (χ3v) is 28.2. The molecule has 0 saturated carbocycles. The predicted molar refractivity (Wildman–Crippen MR) is 382 cm³/mol. The van der Waals surface area contributed by atoms with Crippen LogP contribution in [-0.4, -0.2) is 135 Å². The summed E-state index contributed by atoms with van der Waals surface area (Å²) in [5.74, 6) is -3.21. The van der Waals surface area contributed by atoms with E-state index in [1.807, 2.05) is 79.8 Å². The summed E-state index contributed by atoms with van der Waals surface area (Å²) in [5, 5.41) is 25.2. The SMILES string of the molecule is C.CC.CCO[Si](C)(C)CCCCCC(=O)Oc1ccc(I)c(C(=O)O)c1.CCO[Si](C)(CC)CCCCCC(=O)Oc1ccc(I)c(C(=O)O)c1.CCO[Si](C)(CC)CCCCCC(=O)Oc1ccc2c(c1)C(=O)OI2(=O)O.CN.CN.CO.COC. The molecule has 3 aromatic rings. The van der Waals surface area contributed by atoms with Gasteiger partial charge in [0, 0.05) is 61.1 Å². The zero-order chi connectivity index (χ0) is 67.8. The number of carboxylic acids is 2. The normalized spacial score (nSPS) is 14.4. The van der Waals surface area contributed by atoms with Gasteiger partial charge in [0.1, 0.15) is 11.5 Å². The summed E-state index contributed by atoms with van der Waals surface area (Å²) in [6, 6.07) is 18.8. The summed E-state index contributed by atoms with van der Waals surface area (Å²) < 4.78 is 64.7. The monoisotopic (exact) mass is 1640 g/mol. The molecule has 0 spiro atoms. The summed E-state index contributed by atoms with van der Waals surface area (Å²) in [4.78, 5) is 69.6. The molecule has 88 heavy (non-hydrogen) atoms. The number of hydrogen-bond acceptors (Lipinski definition) is 18. The van der Waals surface area contributed by atoms with Crippen LogP contribution in [0.3, 0.4) is 0 Å². The topological polar surface area (TPSA) is 326 Å². The third-order valence-electron chi connectivity index (χ3n) is 12.5. The Morgan fingerprint density at radius 2 is 0.864 bits per heavy atom. The van der Waals surface area contributed by atoms with Crippen molar-refractivity contribution in [3.8, 4) is 17.2 Å². The summed E-state index contributed by atoms with van der Waals surface area (Å²) in [7, 11) is 2.57. The molecule has 1 aliphatic heterocycles. The van der Waals surface area contributed by atoms with Gasteiger partial charge in [0.05, 0.1) is 11.1 Å². The number of fused-ring (bicyclic) bond motifs is 1. The van der Waals surface area contributed by atoms with E-state index < -0.39 is 62.1 Å². The van der Waals surface area contributed by atoms with E-state index in [9.17, 15) is 35.3 Å². The van der Waals surface area contributed by atoms with Crippen LogP contribution < -0.4 is 25.7 Å². The summed E-state index contributed by atoms with van der Waals surface area (Å²) >= 11 is -0.948. The van der Waals surface area contributed by atoms with E-state index in [4.69, 9.17) is 42.8 Å². The molecule has 0 bridgehead atoms. The Labute approximate surface area is 561 Å². The fourth-order valence-corrected chi connectivity index (χ4v) is 18.6. The number of benzene rings is 3. The van der Waals surface area contributed by atoms with E-state index in [0.29, 0.717) is 20.0 Å². The number of carbonyl (C=O) groups is 6. The Morgan fingerprint density at radius 3 is 1.18 bits per heavy atom. The van der Waals surface area contributed by atoms with Crippen molar-refractivity contribution < 1.29 is 85.9 Å². The van der Waals surface area contributed by atoms with Gasteiger partial charge in [-0.3, -0.25) is 9.59 Å². The van der Waals surface area contributed by atoms with Gasteiger partial charge in [0.15, 0.2) is 16.6 Å². The largest absolute Gasteiger partial charge is 0.400 e. The zero-order valence-electron chi connectivity index (χ0n) is 54.5. The van der Waals surface area contributed by atoms with E-state index in [0.717, 1.165) is 115 Å². The van der Waals surface area contributed by atoms with Crippen LogP contribution >= 0.6 is 64.4 Å². The molecule has 0 saturated heterocycles. The van der Waals surface area contributed by atoms with Crippen molar-refractivity contribution >= 4 is 125 Å². The fraction of sp³-hybridized carbons (Fsp3) is 0.607. The Morgan fingerprint density at radius 1 is 0.545 bits per heavy atom. The molecular weight excluding hydrogens is 1530 g/mol. The number of halogens is 3. The van der Waals surface area contributed by atoms with Gasteiger partial charge in [-0.2, -0.15) is 0 Å². The number of ether oxygens (including phenoxy) is 4. The fourth-order valence-electron chi connectivity index (χ4n) is 7.87. The van der Waals surface area contributed by atoms with Crippen LogP contribution in [0.5, 0.6) is 17.2 Å². The number of aliphatic hydroxyl groups is 1. The molecule has 3 aromatic carbocycles. The number of unbranched alkanes of at least 4 members (excludes halogenated alkanes) is 6. The van der Waals surface area contributed by atoms with Crippen molar-refractivity contribution in [2.75, 3.05) is 55.2 Å². The molecular formula is C61H109I3N2O19Si3.